The van der Waals surface area contributed by atoms with Crippen molar-refractivity contribution >= 4 is 43.5 Å². The van der Waals surface area contributed by atoms with Gasteiger partial charge in [0.15, 0.2) is 0 Å². The number of rotatable bonds is 6. The van der Waals surface area contributed by atoms with Gasteiger partial charge in [-0.3, -0.25) is 4.57 Å². The molecule has 0 fully saturated rings. The van der Waals surface area contributed by atoms with Gasteiger partial charge in [-0.15, -0.1) is 0 Å². The normalized spacial score (nSPS) is 11.5. The van der Waals surface area contributed by atoms with E-state index < -0.39 is 0 Å². The molecule has 57 heavy (non-hydrogen) atoms. The van der Waals surface area contributed by atoms with Crippen LogP contribution in [0.1, 0.15) is 0 Å². The van der Waals surface area contributed by atoms with Crippen LogP contribution in [0, 0.1) is 0 Å². The van der Waals surface area contributed by atoms with Crippen LogP contribution in [0.4, 0.5) is 0 Å². The lowest BCUT2D eigenvalue weighted by Crippen LogP contribution is -2.00. The van der Waals surface area contributed by atoms with Crippen molar-refractivity contribution in [2.75, 3.05) is 0 Å². The van der Waals surface area contributed by atoms with Gasteiger partial charge in [-0.05, 0) is 91.3 Å². The van der Waals surface area contributed by atoms with Crippen LogP contribution in [0.3, 0.4) is 0 Å². The van der Waals surface area contributed by atoms with Crippen molar-refractivity contribution in [1.82, 2.24) is 14.5 Å². The lowest BCUT2D eigenvalue weighted by Gasteiger charge is -2.15. The summed E-state index contributed by atoms with van der Waals surface area (Å²) in [5, 5.41) is 5.99. The lowest BCUT2D eigenvalue weighted by atomic mass is 9.89. The van der Waals surface area contributed by atoms with Crippen LogP contribution < -0.4 is 0 Å². The second-order valence-electron chi connectivity index (χ2n) is 14.6. The monoisotopic (exact) mass is 725 g/mol. The van der Waals surface area contributed by atoms with Gasteiger partial charge in [0.1, 0.15) is 16.9 Å². The van der Waals surface area contributed by atoms with E-state index in [0.717, 1.165) is 61.4 Å². The number of benzene rings is 9. The van der Waals surface area contributed by atoms with Crippen molar-refractivity contribution in [2.24, 2.45) is 0 Å². The smallest absolute Gasteiger partial charge is 0.145 e. The molecule has 0 N–H and O–H groups in total. The minimum absolute atomic E-state index is 0.874. The van der Waals surface area contributed by atoms with Crippen LogP contribution in [0.5, 0.6) is 0 Å². The summed E-state index contributed by atoms with van der Waals surface area (Å²) < 4.78 is 2.28. The second-order valence-corrected chi connectivity index (χ2v) is 14.6. The molecule has 266 valence electrons. The minimum Gasteiger partial charge on any atom is -0.290 e. The highest BCUT2D eigenvalue weighted by molar-refractivity contribution is 6.09. The van der Waals surface area contributed by atoms with Crippen LogP contribution in [0.2, 0.25) is 0 Å². The van der Waals surface area contributed by atoms with E-state index in [1.807, 2.05) is 12.1 Å². The van der Waals surface area contributed by atoms with Crippen molar-refractivity contribution < 1.29 is 0 Å². The number of nitrogens with zero attached hydrogens (tertiary/aromatic N) is 3. The number of para-hydroxylation sites is 2. The van der Waals surface area contributed by atoms with Crippen molar-refractivity contribution in [3.05, 3.63) is 212 Å². The maximum atomic E-state index is 5.46. The molecule has 0 bridgehead atoms. The molecule has 9 aromatic carbocycles. The van der Waals surface area contributed by atoms with Gasteiger partial charge in [-0.2, -0.15) is 0 Å². The highest BCUT2D eigenvalue weighted by atomic mass is 15.1. The molecule has 0 unspecified atom stereocenters. The first-order valence-electron chi connectivity index (χ1n) is 19.4. The maximum absolute atomic E-state index is 5.46. The molecule has 0 amide bonds. The molecular weight excluding hydrogens is 691 g/mol. The second kappa shape index (κ2) is 13.6. The molecule has 3 heteroatoms. The summed E-state index contributed by atoms with van der Waals surface area (Å²) in [6, 6.07) is 75.8. The molecule has 2 aromatic heterocycles. The third-order valence-electron chi connectivity index (χ3n) is 11.2. The van der Waals surface area contributed by atoms with Crippen LogP contribution in [0.15, 0.2) is 212 Å². The van der Waals surface area contributed by atoms with Crippen molar-refractivity contribution in [3.8, 4) is 61.7 Å². The maximum Gasteiger partial charge on any atom is 0.145 e. The van der Waals surface area contributed by atoms with Gasteiger partial charge in [-0.25, -0.2) is 9.97 Å². The largest absolute Gasteiger partial charge is 0.290 e. The molecule has 0 aliphatic carbocycles. The fourth-order valence-corrected chi connectivity index (χ4v) is 8.46. The fraction of sp³-hybridized carbons (Fsp3) is 0. The van der Waals surface area contributed by atoms with Gasteiger partial charge in [0.25, 0.3) is 0 Å². The lowest BCUT2D eigenvalue weighted by molar-refractivity contribution is 1.10. The van der Waals surface area contributed by atoms with E-state index in [2.05, 4.69) is 205 Å². The molecule has 0 atom stereocenters. The number of fused-ring (bicyclic) bond motifs is 5. The van der Waals surface area contributed by atoms with Crippen molar-refractivity contribution in [3.63, 3.8) is 0 Å². The van der Waals surface area contributed by atoms with Gasteiger partial charge in [-0.1, -0.05) is 176 Å². The van der Waals surface area contributed by atoms with Crippen molar-refractivity contribution in [2.45, 2.75) is 0 Å². The Morgan fingerprint density at radius 1 is 0.333 bits per heavy atom. The molecule has 11 aromatic rings. The average molecular weight is 726 g/mol. The predicted octanol–water partition coefficient (Wildman–Crippen LogP) is 14.2. The van der Waals surface area contributed by atoms with Gasteiger partial charge >= 0.3 is 0 Å². The standard InChI is InChI=1S/C54H35N3/c1-3-17-39(18-4-1)51-53-52(49-25-11-12-28-50(49)55-51)56-54(57(53)44-21-5-2-6-22-44)40-31-29-36(30-32-40)41-33-42(47-26-13-19-37-15-7-9-23-45(37)47)35-43(34-41)48-27-14-20-38-16-8-10-24-46(38)48/h1-35H. The number of hydrogen-bond acceptors (Lipinski definition) is 2. The predicted molar refractivity (Wildman–Crippen MR) is 239 cm³/mol. The summed E-state index contributed by atoms with van der Waals surface area (Å²) in [6.45, 7) is 0. The summed E-state index contributed by atoms with van der Waals surface area (Å²) in [4.78, 5) is 10.7. The summed E-state index contributed by atoms with van der Waals surface area (Å²) in [6.07, 6.45) is 0. The van der Waals surface area contributed by atoms with E-state index in [9.17, 15) is 0 Å². The first kappa shape index (κ1) is 32.8. The van der Waals surface area contributed by atoms with Gasteiger partial charge in [0.2, 0.25) is 0 Å². The molecule has 0 saturated carbocycles. The third-order valence-corrected chi connectivity index (χ3v) is 11.2. The summed E-state index contributed by atoms with van der Waals surface area (Å²) in [7, 11) is 0. The van der Waals surface area contributed by atoms with Crippen LogP contribution in [0.25, 0.3) is 105 Å². The molecule has 0 aliphatic rings. The molecule has 0 spiro atoms. The fourth-order valence-electron chi connectivity index (χ4n) is 8.46. The first-order chi connectivity index (χ1) is 28.3. The average Bonchev–Trinajstić information content (AvgIpc) is 3.70. The Bertz CT molecular complexity index is 3160. The molecule has 11 rings (SSSR count). The van der Waals surface area contributed by atoms with E-state index in [4.69, 9.17) is 9.97 Å². The number of hydrogen-bond donors (Lipinski definition) is 0. The highest BCUT2D eigenvalue weighted by Crippen LogP contribution is 2.41. The Morgan fingerprint density at radius 2 is 0.842 bits per heavy atom. The zero-order valence-corrected chi connectivity index (χ0v) is 31.0. The van der Waals surface area contributed by atoms with Crippen LogP contribution in [-0.4, -0.2) is 14.5 Å². The highest BCUT2D eigenvalue weighted by Gasteiger charge is 2.22. The third kappa shape index (κ3) is 5.68. The number of pyridine rings is 1. The summed E-state index contributed by atoms with van der Waals surface area (Å²) >= 11 is 0. The zero-order valence-electron chi connectivity index (χ0n) is 31.0. The summed E-state index contributed by atoms with van der Waals surface area (Å²) in [5.41, 5.74) is 14.0. The number of imidazole rings is 1. The SMILES string of the molecule is c1ccc(-c2nc3ccccc3c3nc(-c4ccc(-c5cc(-c6cccc7ccccc67)cc(-c6cccc7ccccc67)c5)cc4)n(-c4ccccc4)c23)cc1. The summed E-state index contributed by atoms with van der Waals surface area (Å²) in [5.74, 6) is 0.874. The van der Waals surface area contributed by atoms with Gasteiger partial charge in [0.05, 0.1) is 11.2 Å². The topological polar surface area (TPSA) is 30.7 Å². The Labute approximate surface area is 330 Å². The number of aromatic nitrogens is 3. The van der Waals surface area contributed by atoms with E-state index in [1.54, 1.807) is 0 Å². The zero-order chi connectivity index (χ0) is 37.7. The Hall–Kier alpha value is -7.62. The molecule has 0 saturated heterocycles. The van der Waals surface area contributed by atoms with Gasteiger partial charge < -0.3 is 0 Å². The Balaban J connectivity index is 1.12. The molecule has 2 heterocycles. The van der Waals surface area contributed by atoms with Gasteiger partial charge in [0, 0.05) is 22.2 Å². The van der Waals surface area contributed by atoms with E-state index >= 15 is 0 Å². The molecule has 0 radical (unpaired) electrons. The quantitative estimate of drug-likeness (QED) is 0.171. The van der Waals surface area contributed by atoms with Crippen molar-refractivity contribution in [1.29, 1.82) is 0 Å². The van der Waals surface area contributed by atoms with Crippen LogP contribution in [-0.2, 0) is 0 Å². The van der Waals surface area contributed by atoms with E-state index in [-0.39, 0.29) is 0 Å². The van der Waals surface area contributed by atoms with E-state index in [0.29, 0.717) is 0 Å². The Morgan fingerprint density at radius 3 is 1.49 bits per heavy atom. The van der Waals surface area contributed by atoms with Crippen LogP contribution >= 0.6 is 0 Å². The minimum atomic E-state index is 0.874. The molecule has 0 aliphatic heterocycles. The van der Waals surface area contributed by atoms with E-state index in [1.165, 1.54) is 43.8 Å². The first-order valence-corrected chi connectivity index (χ1v) is 19.4. The molecule has 3 nitrogen and oxygen atoms in total. The molecular formula is C54H35N3. The Kier molecular flexibility index (Phi) is 7.82.